The van der Waals surface area contributed by atoms with E-state index < -0.39 is 6.10 Å². The summed E-state index contributed by atoms with van der Waals surface area (Å²) in [4.78, 5) is 10.6. The first-order valence-corrected chi connectivity index (χ1v) is 3.78. The number of hydrogen-bond acceptors (Lipinski definition) is 2. The van der Waals surface area contributed by atoms with Gasteiger partial charge in [0.1, 0.15) is 6.10 Å². The molecule has 1 atom stereocenters. The Hall–Kier alpha value is -1.41. The molecule has 0 heterocycles. The number of hydrogen-bond donors (Lipinski definition) is 1. The highest BCUT2D eigenvalue weighted by Crippen LogP contribution is 2.20. The van der Waals surface area contributed by atoms with Gasteiger partial charge in [0, 0.05) is 5.56 Å². The van der Waals surface area contributed by atoms with Gasteiger partial charge in [-0.25, -0.2) is 0 Å². The first-order chi connectivity index (χ1) is 5.79. The minimum Gasteiger partial charge on any atom is -0.384 e. The van der Waals surface area contributed by atoms with Crippen LogP contribution in [0.25, 0.3) is 0 Å². The van der Waals surface area contributed by atoms with Gasteiger partial charge in [-0.2, -0.15) is 0 Å². The molecule has 0 radical (unpaired) electrons. The minimum atomic E-state index is -0.723. The zero-order valence-electron chi connectivity index (χ0n) is 6.40. The Bertz CT molecular complexity index is 382. The zero-order chi connectivity index (χ0) is 8.55. The van der Waals surface area contributed by atoms with Gasteiger partial charge in [0.25, 0.3) is 0 Å². The summed E-state index contributed by atoms with van der Waals surface area (Å²) in [5.74, 6) is 0. The first kappa shape index (κ1) is 7.25. The molecule has 0 bridgehead atoms. The van der Waals surface area contributed by atoms with Crippen molar-refractivity contribution in [1.82, 2.24) is 0 Å². The van der Waals surface area contributed by atoms with Crippen molar-refractivity contribution in [2.45, 2.75) is 6.10 Å². The van der Waals surface area contributed by atoms with Crippen LogP contribution in [0.1, 0.15) is 17.2 Å². The van der Waals surface area contributed by atoms with Crippen molar-refractivity contribution in [2.24, 2.45) is 0 Å². The third-order valence-corrected chi connectivity index (χ3v) is 1.90. The zero-order valence-corrected chi connectivity index (χ0v) is 6.40. The van der Waals surface area contributed by atoms with Gasteiger partial charge in [0.2, 0.25) is 0 Å². The molecule has 0 amide bonds. The molecule has 2 nitrogen and oxygen atoms in total. The molecule has 0 spiro atoms. The first-order valence-electron chi connectivity index (χ1n) is 3.78. The highest BCUT2D eigenvalue weighted by atomic mass is 16.3. The van der Waals surface area contributed by atoms with Crippen LogP contribution in [-0.4, -0.2) is 5.11 Å². The second-order valence-corrected chi connectivity index (χ2v) is 2.78. The molecule has 12 heavy (non-hydrogen) atoms. The van der Waals surface area contributed by atoms with E-state index in [9.17, 15) is 9.90 Å². The van der Waals surface area contributed by atoms with Gasteiger partial charge < -0.3 is 5.11 Å². The maximum Gasteiger partial charge on any atom is 0.185 e. The Morgan fingerprint density at radius 3 is 2.25 bits per heavy atom. The van der Waals surface area contributed by atoms with Gasteiger partial charge in [-0.1, -0.05) is 30.3 Å². The van der Waals surface area contributed by atoms with E-state index >= 15 is 0 Å². The maximum atomic E-state index is 10.6. The third kappa shape index (κ3) is 1.17. The Kier molecular flexibility index (Phi) is 1.55. The van der Waals surface area contributed by atoms with Crippen molar-refractivity contribution in [3.05, 3.63) is 57.7 Å². The van der Waals surface area contributed by atoms with E-state index in [1.54, 1.807) is 12.1 Å². The average Bonchev–Trinajstić information content (AvgIpc) is 2.83. The summed E-state index contributed by atoms with van der Waals surface area (Å²) in [6.07, 6.45) is -0.723. The van der Waals surface area contributed by atoms with Gasteiger partial charge in [0.15, 0.2) is 5.43 Å². The van der Waals surface area contributed by atoms with Crippen molar-refractivity contribution in [2.75, 3.05) is 0 Å². The van der Waals surface area contributed by atoms with Crippen LogP contribution in [0, 0.1) is 0 Å². The second kappa shape index (κ2) is 2.57. The molecule has 0 fully saturated rings. The van der Waals surface area contributed by atoms with E-state index in [0.29, 0.717) is 5.56 Å². The SMILES string of the molecule is O=c1cc1C(O)c1ccccc1. The smallest absolute Gasteiger partial charge is 0.185 e. The molecule has 2 aromatic carbocycles. The van der Waals surface area contributed by atoms with E-state index in [2.05, 4.69) is 0 Å². The highest BCUT2D eigenvalue weighted by molar-refractivity contribution is 5.34. The minimum absolute atomic E-state index is 0.0358. The van der Waals surface area contributed by atoms with Crippen molar-refractivity contribution in [3.63, 3.8) is 0 Å². The average molecular weight is 160 g/mol. The molecule has 0 aliphatic heterocycles. The third-order valence-electron chi connectivity index (χ3n) is 1.90. The summed E-state index contributed by atoms with van der Waals surface area (Å²) in [7, 11) is 0. The Morgan fingerprint density at radius 1 is 1.17 bits per heavy atom. The van der Waals surface area contributed by atoms with Crippen molar-refractivity contribution in [1.29, 1.82) is 0 Å². The normalized spacial score (nSPS) is 13.4. The fourth-order valence-electron chi connectivity index (χ4n) is 1.13. The second-order valence-electron chi connectivity index (χ2n) is 2.78. The number of rotatable bonds is 2. The summed E-state index contributed by atoms with van der Waals surface area (Å²) >= 11 is 0. The lowest BCUT2D eigenvalue weighted by molar-refractivity contribution is 0.223. The van der Waals surface area contributed by atoms with Gasteiger partial charge >= 0.3 is 0 Å². The molecule has 2 heteroatoms. The summed E-state index contributed by atoms with van der Waals surface area (Å²) < 4.78 is 0. The lowest BCUT2D eigenvalue weighted by Crippen LogP contribution is -1.97. The molecule has 0 aliphatic rings. The van der Waals surface area contributed by atoms with E-state index in [4.69, 9.17) is 0 Å². The van der Waals surface area contributed by atoms with E-state index in [-0.39, 0.29) is 5.43 Å². The predicted molar refractivity (Wildman–Crippen MR) is 45.6 cm³/mol. The lowest BCUT2D eigenvalue weighted by atomic mass is 10.1. The Balaban J connectivity index is 2.27. The van der Waals surface area contributed by atoms with Gasteiger partial charge in [-0.05, 0) is 11.6 Å². The summed E-state index contributed by atoms with van der Waals surface area (Å²) in [5, 5.41) is 9.54. The topological polar surface area (TPSA) is 37.3 Å². The van der Waals surface area contributed by atoms with Crippen LogP contribution < -0.4 is 5.43 Å². The van der Waals surface area contributed by atoms with E-state index in [0.717, 1.165) is 5.56 Å². The number of aliphatic hydroxyl groups is 1. The molecular formula is C10H8O2. The highest BCUT2D eigenvalue weighted by Gasteiger charge is 2.19. The molecule has 60 valence electrons. The van der Waals surface area contributed by atoms with Crippen molar-refractivity contribution in [3.8, 4) is 0 Å². The van der Waals surface area contributed by atoms with Crippen molar-refractivity contribution >= 4 is 0 Å². The van der Waals surface area contributed by atoms with Gasteiger partial charge in [-0.3, -0.25) is 4.79 Å². The molecule has 2 aromatic rings. The monoisotopic (exact) mass is 160 g/mol. The molecular weight excluding hydrogens is 152 g/mol. The summed E-state index contributed by atoms with van der Waals surface area (Å²) in [6.45, 7) is 0. The van der Waals surface area contributed by atoms with Gasteiger partial charge in [0.05, 0.1) is 0 Å². The lowest BCUT2D eigenvalue weighted by Gasteiger charge is -2.03. The molecule has 1 N–H and O–H groups in total. The van der Waals surface area contributed by atoms with Crippen LogP contribution >= 0.6 is 0 Å². The van der Waals surface area contributed by atoms with Crippen LogP contribution in [0.4, 0.5) is 0 Å². The standard InChI is InChI=1S/C10H8O2/c11-9-6-8(9)10(12)7-4-2-1-3-5-7/h1-6,10,12H. The molecule has 2 rings (SSSR count). The maximum absolute atomic E-state index is 10.6. The quantitative estimate of drug-likeness (QED) is 0.711. The van der Waals surface area contributed by atoms with Crippen LogP contribution in [0.2, 0.25) is 0 Å². The van der Waals surface area contributed by atoms with Gasteiger partial charge in [-0.15, -0.1) is 0 Å². The fraction of sp³-hybridized carbons (Fsp3) is 0.100. The van der Waals surface area contributed by atoms with Crippen LogP contribution in [0.5, 0.6) is 0 Å². The Morgan fingerprint density at radius 2 is 1.75 bits per heavy atom. The van der Waals surface area contributed by atoms with Crippen molar-refractivity contribution < 1.29 is 5.11 Å². The molecule has 1 unspecified atom stereocenters. The number of benzene rings is 1. The largest absolute Gasteiger partial charge is 0.384 e. The van der Waals surface area contributed by atoms with Crippen LogP contribution in [0.15, 0.2) is 41.2 Å². The molecule has 0 aromatic heterocycles. The summed E-state index contributed by atoms with van der Waals surface area (Å²) in [5.41, 5.74) is 1.25. The molecule has 0 aliphatic carbocycles. The van der Waals surface area contributed by atoms with Crippen LogP contribution in [-0.2, 0) is 0 Å². The van der Waals surface area contributed by atoms with Crippen LogP contribution in [0.3, 0.4) is 0 Å². The number of aliphatic hydroxyl groups excluding tert-OH is 1. The fourth-order valence-corrected chi connectivity index (χ4v) is 1.13. The Labute approximate surface area is 69.8 Å². The van der Waals surface area contributed by atoms with E-state index in [1.165, 1.54) is 6.07 Å². The molecule has 0 saturated heterocycles. The van der Waals surface area contributed by atoms with E-state index in [1.807, 2.05) is 18.2 Å². The summed E-state index contributed by atoms with van der Waals surface area (Å²) in [6, 6.07) is 10.6. The molecule has 0 saturated carbocycles. The predicted octanol–water partition coefficient (Wildman–Crippen LogP) is 1.00.